The van der Waals surface area contributed by atoms with Gasteiger partial charge in [0.25, 0.3) is 5.69 Å². The Kier molecular flexibility index (Phi) is 7.70. The van der Waals surface area contributed by atoms with Crippen molar-refractivity contribution in [3.8, 4) is 5.75 Å². The molecule has 13 heteroatoms. The van der Waals surface area contributed by atoms with Gasteiger partial charge in [-0.25, -0.2) is 26.7 Å². The van der Waals surface area contributed by atoms with E-state index in [9.17, 15) is 32.1 Å². The molecule has 0 heterocycles. The zero-order chi connectivity index (χ0) is 22.5. The third-order valence-electron chi connectivity index (χ3n) is 3.79. The standard InChI is InChI=1S/C17H16F2N2O7S2/c1-27-16(22)9-28-17-13(18)6-10(7-14(17)19)15(29)8-20-30(25,26)12-4-2-11(3-5-12)21(23)24/h2-7,15,20,29H,8-9H2,1H3. The first-order valence-electron chi connectivity index (χ1n) is 8.16. The predicted octanol–water partition coefficient (Wildman–Crippen LogP) is 2.37. The molecule has 1 atom stereocenters. The van der Waals surface area contributed by atoms with Crippen molar-refractivity contribution in [3.05, 3.63) is 63.7 Å². The average Bonchev–Trinajstić information content (AvgIpc) is 2.71. The summed E-state index contributed by atoms with van der Waals surface area (Å²) in [5.41, 5.74) is -0.258. The molecule has 2 aromatic rings. The van der Waals surface area contributed by atoms with Gasteiger partial charge in [-0.05, 0) is 29.8 Å². The molecule has 0 spiro atoms. The molecular weight excluding hydrogens is 446 g/mol. The van der Waals surface area contributed by atoms with Crippen LogP contribution in [-0.4, -0.2) is 39.6 Å². The maximum atomic E-state index is 14.1. The van der Waals surface area contributed by atoms with E-state index in [0.29, 0.717) is 0 Å². The molecule has 0 bridgehead atoms. The van der Waals surface area contributed by atoms with Crippen LogP contribution in [-0.2, 0) is 19.6 Å². The number of hydrogen-bond donors (Lipinski definition) is 2. The highest BCUT2D eigenvalue weighted by atomic mass is 32.2. The van der Waals surface area contributed by atoms with Gasteiger partial charge in [0, 0.05) is 23.9 Å². The fourth-order valence-electron chi connectivity index (χ4n) is 2.24. The van der Waals surface area contributed by atoms with Crippen molar-refractivity contribution < 1.29 is 36.4 Å². The van der Waals surface area contributed by atoms with Gasteiger partial charge in [-0.3, -0.25) is 10.1 Å². The molecule has 0 saturated heterocycles. The van der Waals surface area contributed by atoms with Crippen molar-refractivity contribution in [1.82, 2.24) is 4.72 Å². The summed E-state index contributed by atoms with van der Waals surface area (Å²) in [5, 5.41) is 9.71. The Bertz CT molecular complexity index is 1020. The van der Waals surface area contributed by atoms with E-state index < -0.39 is 50.2 Å². The second kappa shape index (κ2) is 9.82. The molecule has 0 saturated carbocycles. The number of nitrogens with zero attached hydrogens (tertiary/aromatic N) is 1. The number of benzene rings is 2. The van der Waals surface area contributed by atoms with Gasteiger partial charge in [0.15, 0.2) is 24.0 Å². The number of ether oxygens (including phenoxy) is 2. The molecule has 0 radical (unpaired) electrons. The molecule has 0 aliphatic heterocycles. The van der Waals surface area contributed by atoms with Crippen LogP contribution in [0.1, 0.15) is 10.8 Å². The van der Waals surface area contributed by atoms with Gasteiger partial charge in [-0.2, -0.15) is 12.6 Å². The van der Waals surface area contributed by atoms with Gasteiger partial charge in [0.2, 0.25) is 10.0 Å². The summed E-state index contributed by atoms with van der Waals surface area (Å²) in [6, 6.07) is 5.97. The summed E-state index contributed by atoms with van der Waals surface area (Å²) in [5.74, 6) is -3.82. The number of nitro benzene ring substituents is 1. The van der Waals surface area contributed by atoms with Gasteiger partial charge >= 0.3 is 5.97 Å². The molecule has 0 aliphatic carbocycles. The highest BCUT2D eigenvalue weighted by Crippen LogP contribution is 2.29. The Morgan fingerprint density at radius 1 is 1.23 bits per heavy atom. The number of carbonyl (C=O) groups excluding carboxylic acids is 1. The van der Waals surface area contributed by atoms with Crippen molar-refractivity contribution in [2.45, 2.75) is 10.1 Å². The summed E-state index contributed by atoms with van der Waals surface area (Å²) >= 11 is 4.15. The van der Waals surface area contributed by atoms with Crippen molar-refractivity contribution in [3.63, 3.8) is 0 Å². The Morgan fingerprint density at radius 2 is 1.80 bits per heavy atom. The van der Waals surface area contributed by atoms with E-state index >= 15 is 0 Å². The molecule has 162 valence electrons. The number of methoxy groups -OCH3 is 1. The monoisotopic (exact) mass is 462 g/mol. The summed E-state index contributed by atoms with van der Waals surface area (Å²) in [7, 11) is -2.95. The maximum absolute atomic E-state index is 14.1. The van der Waals surface area contributed by atoms with E-state index in [4.69, 9.17) is 4.74 Å². The number of esters is 1. The van der Waals surface area contributed by atoms with Crippen LogP contribution in [0.15, 0.2) is 41.3 Å². The Labute approximate surface area is 175 Å². The summed E-state index contributed by atoms with van der Waals surface area (Å²) in [6.07, 6.45) is 0. The first kappa shape index (κ1) is 23.5. The third-order valence-corrected chi connectivity index (χ3v) is 5.71. The number of halogens is 2. The molecule has 9 nitrogen and oxygen atoms in total. The first-order chi connectivity index (χ1) is 14.0. The van der Waals surface area contributed by atoms with E-state index in [1.807, 2.05) is 0 Å². The smallest absolute Gasteiger partial charge is 0.343 e. The number of nitro groups is 1. The van der Waals surface area contributed by atoms with Crippen LogP contribution in [0.2, 0.25) is 0 Å². The fraction of sp³-hybridized carbons (Fsp3) is 0.235. The molecule has 2 rings (SSSR count). The van der Waals surface area contributed by atoms with Gasteiger partial charge in [-0.15, -0.1) is 0 Å². The normalized spacial score (nSPS) is 12.3. The minimum atomic E-state index is -4.04. The van der Waals surface area contributed by atoms with Gasteiger partial charge < -0.3 is 9.47 Å². The molecule has 1 N–H and O–H groups in total. The van der Waals surface area contributed by atoms with Crippen LogP contribution in [0, 0.1) is 21.7 Å². The van der Waals surface area contributed by atoms with E-state index in [0.717, 1.165) is 43.5 Å². The Hall–Kier alpha value is -2.77. The Balaban J connectivity index is 2.09. The summed E-state index contributed by atoms with van der Waals surface area (Å²) in [4.78, 5) is 20.8. The maximum Gasteiger partial charge on any atom is 0.343 e. The van der Waals surface area contributed by atoms with Gasteiger partial charge in [-0.1, -0.05) is 0 Å². The van der Waals surface area contributed by atoms with Crippen LogP contribution in [0.3, 0.4) is 0 Å². The number of rotatable bonds is 9. The molecule has 30 heavy (non-hydrogen) atoms. The van der Waals surface area contributed by atoms with E-state index in [-0.39, 0.29) is 22.7 Å². The lowest BCUT2D eigenvalue weighted by Gasteiger charge is -2.15. The number of nitrogens with one attached hydrogen (secondary N) is 1. The zero-order valence-corrected chi connectivity index (χ0v) is 17.1. The van der Waals surface area contributed by atoms with Gasteiger partial charge in [0.05, 0.1) is 16.9 Å². The van der Waals surface area contributed by atoms with Crippen LogP contribution < -0.4 is 9.46 Å². The number of thiol groups is 1. The second-order valence-corrected chi connectivity index (χ2v) is 8.19. The minimum Gasteiger partial charge on any atom is -0.476 e. The number of non-ortho nitro benzene ring substituents is 1. The highest BCUT2D eigenvalue weighted by molar-refractivity contribution is 7.89. The third kappa shape index (κ3) is 5.87. The quantitative estimate of drug-likeness (QED) is 0.254. The molecule has 0 fully saturated rings. The van der Waals surface area contributed by atoms with E-state index in [2.05, 4.69) is 22.1 Å². The fourth-order valence-corrected chi connectivity index (χ4v) is 3.65. The lowest BCUT2D eigenvalue weighted by molar-refractivity contribution is -0.384. The van der Waals surface area contributed by atoms with Crippen molar-refractivity contribution in [2.24, 2.45) is 0 Å². The second-order valence-electron chi connectivity index (χ2n) is 5.80. The Morgan fingerprint density at radius 3 is 2.30 bits per heavy atom. The number of carbonyl (C=O) groups is 1. The first-order valence-corrected chi connectivity index (χ1v) is 10.2. The van der Waals surface area contributed by atoms with Crippen LogP contribution in [0.25, 0.3) is 0 Å². The molecule has 1 unspecified atom stereocenters. The molecule has 2 aromatic carbocycles. The van der Waals surface area contributed by atoms with Crippen LogP contribution >= 0.6 is 12.6 Å². The molecular formula is C17H16F2N2O7S2. The zero-order valence-electron chi connectivity index (χ0n) is 15.4. The SMILES string of the molecule is COC(=O)COc1c(F)cc(C(S)CNS(=O)(=O)c2ccc([N+](=O)[O-])cc2)cc1F. The van der Waals surface area contributed by atoms with E-state index in [1.54, 1.807) is 0 Å². The molecule has 0 aliphatic rings. The largest absolute Gasteiger partial charge is 0.476 e. The lowest BCUT2D eigenvalue weighted by atomic mass is 10.1. The van der Waals surface area contributed by atoms with Crippen molar-refractivity contribution in [1.29, 1.82) is 0 Å². The average molecular weight is 462 g/mol. The van der Waals surface area contributed by atoms with Crippen LogP contribution in [0.4, 0.5) is 14.5 Å². The topological polar surface area (TPSA) is 125 Å². The van der Waals surface area contributed by atoms with Crippen LogP contribution in [0.5, 0.6) is 5.75 Å². The molecule has 0 aromatic heterocycles. The number of hydrogen-bond acceptors (Lipinski definition) is 8. The van der Waals surface area contributed by atoms with Crippen molar-refractivity contribution in [2.75, 3.05) is 20.3 Å². The summed E-state index contributed by atoms with van der Waals surface area (Å²) < 4.78 is 64.1. The van der Waals surface area contributed by atoms with E-state index in [1.165, 1.54) is 0 Å². The van der Waals surface area contributed by atoms with Gasteiger partial charge in [0.1, 0.15) is 0 Å². The highest BCUT2D eigenvalue weighted by Gasteiger charge is 2.21. The summed E-state index contributed by atoms with van der Waals surface area (Å²) in [6.45, 7) is -1.02. The minimum absolute atomic E-state index is 0.0187. The molecule has 0 amide bonds. The lowest BCUT2D eigenvalue weighted by Crippen LogP contribution is -2.27. The number of sulfonamides is 1. The predicted molar refractivity (Wildman–Crippen MR) is 104 cm³/mol. The van der Waals surface area contributed by atoms with Crippen molar-refractivity contribution >= 4 is 34.3 Å².